The molecule has 2 atom stereocenters. The molecule has 3 heterocycles. The van der Waals surface area contributed by atoms with Gasteiger partial charge >= 0.3 is 6.18 Å². The number of allylic oxidation sites excluding steroid dienone is 1. The molecule has 0 aliphatic carbocycles. The van der Waals surface area contributed by atoms with Crippen molar-refractivity contribution in [1.29, 1.82) is 5.26 Å². The summed E-state index contributed by atoms with van der Waals surface area (Å²) in [4.78, 5) is 16.1. The average molecular weight is 391 g/mol. The lowest BCUT2D eigenvalue weighted by Crippen LogP contribution is -2.43. The first-order valence-electron chi connectivity index (χ1n) is 9.26. The van der Waals surface area contributed by atoms with Gasteiger partial charge in [-0.25, -0.2) is 5.43 Å². The predicted molar refractivity (Wildman–Crippen MR) is 96.5 cm³/mol. The topological polar surface area (TPSA) is 71.4 Å². The normalized spacial score (nSPS) is 24.4. The van der Waals surface area contributed by atoms with Crippen LogP contribution < -0.4 is 15.8 Å². The molecule has 0 radical (unpaired) electrons. The molecule has 28 heavy (non-hydrogen) atoms. The molecule has 4 rings (SSSR count). The van der Waals surface area contributed by atoms with E-state index in [4.69, 9.17) is 0 Å². The van der Waals surface area contributed by atoms with Crippen molar-refractivity contribution in [2.45, 2.75) is 44.4 Å². The Kier molecular flexibility index (Phi) is 4.46. The maximum absolute atomic E-state index is 13.5. The quantitative estimate of drug-likeness (QED) is 0.757. The highest BCUT2D eigenvalue weighted by molar-refractivity contribution is 6.00. The fourth-order valence-corrected chi connectivity index (χ4v) is 4.37. The summed E-state index contributed by atoms with van der Waals surface area (Å²) in [7, 11) is 0. The van der Waals surface area contributed by atoms with Crippen molar-refractivity contribution in [2.75, 3.05) is 18.0 Å². The van der Waals surface area contributed by atoms with E-state index in [0.717, 1.165) is 12.0 Å². The summed E-state index contributed by atoms with van der Waals surface area (Å²) in [5, 5.41) is 9.22. The zero-order valence-electron chi connectivity index (χ0n) is 15.3. The number of hydrazine groups is 1. The summed E-state index contributed by atoms with van der Waals surface area (Å²) in [6, 6.07) is 4.12. The largest absolute Gasteiger partial charge is 0.432 e. The van der Waals surface area contributed by atoms with Gasteiger partial charge in [-0.2, -0.15) is 18.4 Å². The van der Waals surface area contributed by atoms with E-state index in [1.165, 1.54) is 4.90 Å². The number of benzene rings is 1. The van der Waals surface area contributed by atoms with Gasteiger partial charge in [0.25, 0.3) is 0 Å². The highest BCUT2D eigenvalue weighted by atomic mass is 19.4. The van der Waals surface area contributed by atoms with Crippen molar-refractivity contribution in [3.8, 4) is 6.19 Å². The lowest BCUT2D eigenvalue weighted by Gasteiger charge is -2.25. The van der Waals surface area contributed by atoms with Gasteiger partial charge in [0.1, 0.15) is 11.7 Å². The van der Waals surface area contributed by atoms with E-state index < -0.39 is 24.0 Å². The summed E-state index contributed by atoms with van der Waals surface area (Å²) in [5.74, 6) is -0.157. The average Bonchev–Trinajstić information content (AvgIpc) is 3.37. The van der Waals surface area contributed by atoms with E-state index in [1.807, 2.05) is 0 Å². The van der Waals surface area contributed by atoms with Crippen molar-refractivity contribution in [3.63, 3.8) is 0 Å². The number of fused-ring (bicyclic) bond motifs is 1. The lowest BCUT2D eigenvalue weighted by molar-refractivity contribution is -0.121. The van der Waals surface area contributed by atoms with E-state index in [2.05, 4.69) is 17.0 Å². The molecular formula is C19H20F3N5O. The molecule has 3 aliphatic heterocycles. The summed E-state index contributed by atoms with van der Waals surface area (Å²) in [5.41, 5.74) is 6.17. The summed E-state index contributed by atoms with van der Waals surface area (Å²) in [6.07, 6.45) is -0.555. The van der Waals surface area contributed by atoms with E-state index in [9.17, 15) is 23.2 Å². The number of nitriles is 1. The van der Waals surface area contributed by atoms with Crippen LogP contribution in [-0.4, -0.2) is 42.2 Å². The highest BCUT2D eigenvalue weighted by Crippen LogP contribution is 2.41. The number of carbonyl (C=O) groups excluding carboxylic acids is 1. The maximum Gasteiger partial charge on any atom is 0.432 e. The van der Waals surface area contributed by atoms with Crippen LogP contribution in [-0.2, 0) is 11.2 Å². The number of halogens is 3. The molecule has 0 bridgehead atoms. The number of carbonyl (C=O) groups is 1. The second-order valence-corrected chi connectivity index (χ2v) is 7.27. The molecule has 1 fully saturated rings. The van der Waals surface area contributed by atoms with E-state index in [0.29, 0.717) is 37.2 Å². The molecule has 3 aliphatic rings. The van der Waals surface area contributed by atoms with E-state index in [1.54, 1.807) is 30.0 Å². The zero-order chi connectivity index (χ0) is 20.1. The Labute approximate surface area is 160 Å². The second-order valence-electron chi connectivity index (χ2n) is 7.27. The van der Waals surface area contributed by atoms with Gasteiger partial charge in [0.15, 0.2) is 6.19 Å². The number of hydrogen-bond acceptors (Lipinski definition) is 5. The van der Waals surface area contributed by atoms with Crippen molar-refractivity contribution in [2.24, 2.45) is 0 Å². The smallest absolute Gasteiger partial charge is 0.317 e. The Morgan fingerprint density at radius 1 is 1.32 bits per heavy atom. The molecule has 1 unspecified atom stereocenters. The van der Waals surface area contributed by atoms with Crippen molar-refractivity contribution >= 4 is 17.2 Å². The fourth-order valence-electron chi connectivity index (χ4n) is 4.37. The third-order valence-corrected chi connectivity index (χ3v) is 5.65. The predicted octanol–water partition coefficient (Wildman–Crippen LogP) is 2.29. The second kappa shape index (κ2) is 6.71. The van der Waals surface area contributed by atoms with Crippen LogP contribution in [0, 0.1) is 11.5 Å². The lowest BCUT2D eigenvalue weighted by atomic mass is 9.93. The van der Waals surface area contributed by atoms with Crippen LogP contribution in [0.1, 0.15) is 30.9 Å². The van der Waals surface area contributed by atoms with Gasteiger partial charge in [-0.3, -0.25) is 9.69 Å². The van der Waals surface area contributed by atoms with Crippen LogP contribution in [0.5, 0.6) is 0 Å². The molecule has 0 aromatic heterocycles. The van der Waals surface area contributed by atoms with Gasteiger partial charge in [0.05, 0.1) is 6.04 Å². The molecule has 6 nitrogen and oxygen atoms in total. The van der Waals surface area contributed by atoms with Crippen LogP contribution in [0.15, 0.2) is 23.9 Å². The van der Waals surface area contributed by atoms with Crippen molar-refractivity contribution in [1.82, 2.24) is 15.8 Å². The van der Waals surface area contributed by atoms with E-state index >= 15 is 0 Å². The molecule has 148 valence electrons. The van der Waals surface area contributed by atoms with Gasteiger partial charge in [0, 0.05) is 24.4 Å². The van der Waals surface area contributed by atoms with Crippen molar-refractivity contribution < 1.29 is 18.0 Å². The molecule has 9 heteroatoms. The van der Waals surface area contributed by atoms with Crippen LogP contribution in [0.3, 0.4) is 0 Å². The number of hydrogen-bond donors (Lipinski definition) is 2. The summed E-state index contributed by atoms with van der Waals surface area (Å²) >= 11 is 0. The zero-order valence-corrected chi connectivity index (χ0v) is 15.3. The van der Waals surface area contributed by atoms with E-state index in [-0.39, 0.29) is 11.5 Å². The number of alkyl halides is 3. The molecule has 1 amide bonds. The molecule has 0 saturated carbocycles. The molecular weight excluding hydrogens is 371 g/mol. The Bertz CT molecular complexity index is 889. The number of anilines is 1. The van der Waals surface area contributed by atoms with Gasteiger partial charge in [-0.1, -0.05) is 12.1 Å². The van der Waals surface area contributed by atoms with Gasteiger partial charge < -0.3 is 10.3 Å². The minimum atomic E-state index is -4.50. The third kappa shape index (κ3) is 2.88. The Morgan fingerprint density at radius 2 is 2.11 bits per heavy atom. The van der Waals surface area contributed by atoms with Crippen LogP contribution in [0.2, 0.25) is 0 Å². The van der Waals surface area contributed by atoms with Crippen LogP contribution >= 0.6 is 0 Å². The number of amides is 1. The van der Waals surface area contributed by atoms with Gasteiger partial charge in [0.2, 0.25) is 5.91 Å². The summed E-state index contributed by atoms with van der Waals surface area (Å²) in [6.45, 7) is 2.64. The number of nitrogens with one attached hydrogen (secondary N) is 2. The molecule has 2 N–H and O–H groups in total. The minimum Gasteiger partial charge on any atom is -0.317 e. The fraction of sp³-hybridized carbons (Fsp3) is 0.474. The molecule has 1 aromatic rings. The third-order valence-electron chi connectivity index (χ3n) is 5.65. The Hall–Kier alpha value is -2.73. The first-order valence-corrected chi connectivity index (χ1v) is 9.26. The van der Waals surface area contributed by atoms with Crippen LogP contribution in [0.25, 0.3) is 5.57 Å². The standard InChI is InChI=1S/C19H20F3N5O/c1-11-16(17(25-24-11)19(20,21)22)13-4-2-5-14-12(13)7-9-27(14)18(28)15-6-3-8-26(15)10-23/h2,4-5,11,15,24-25H,3,6-9H2,1H3/t11?,15-/m0/s1. The number of likely N-dealkylation sites (tertiary alicyclic amines) is 1. The number of rotatable bonds is 2. The molecule has 1 aromatic carbocycles. The Balaban J connectivity index is 1.73. The summed E-state index contributed by atoms with van der Waals surface area (Å²) < 4.78 is 40.4. The first kappa shape index (κ1) is 18.6. The maximum atomic E-state index is 13.5. The van der Waals surface area contributed by atoms with Crippen molar-refractivity contribution in [3.05, 3.63) is 35.0 Å². The molecule has 0 spiro atoms. The highest BCUT2D eigenvalue weighted by Gasteiger charge is 2.43. The molecule has 1 saturated heterocycles. The minimum absolute atomic E-state index is 0.157. The van der Waals surface area contributed by atoms with Gasteiger partial charge in [-0.15, -0.1) is 0 Å². The van der Waals surface area contributed by atoms with Gasteiger partial charge in [-0.05, 0) is 43.4 Å². The number of nitrogens with zero attached hydrogens (tertiary/aromatic N) is 3. The first-order chi connectivity index (χ1) is 13.3. The Morgan fingerprint density at radius 3 is 2.82 bits per heavy atom. The van der Waals surface area contributed by atoms with Crippen LogP contribution in [0.4, 0.5) is 18.9 Å². The monoisotopic (exact) mass is 391 g/mol. The SMILES string of the molecule is CC1NNC(C(F)(F)F)=C1c1cccc2c1CCN2C(=O)[C@@H]1CCCN1C#N.